The Hall–Kier alpha value is -1.75. The number of carbonyl (C=O) groups is 1. The minimum Gasteiger partial charge on any atom is -0.397 e. The van der Waals surface area contributed by atoms with E-state index in [1.54, 1.807) is 32.4 Å². The van der Waals surface area contributed by atoms with Gasteiger partial charge < -0.3 is 21.1 Å². The molecule has 0 fully saturated rings. The lowest BCUT2D eigenvalue weighted by Gasteiger charge is -2.25. The van der Waals surface area contributed by atoms with Gasteiger partial charge in [-0.1, -0.05) is 13.8 Å². The second kappa shape index (κ2) is 7.14. The SMILES string of the molecule is CNC(=O)c1ccc(N)c(NCC(C)(C)CCOC)c1. The highest BCUT2D eigenvalue weighted by Gasteiger charge is 2.18. The van der Waals surface area contributed by atoms with Crippen molar-refractivity contribution in [1.29, 1.82) is 0 Å². The molecule has 112 valence electrons. The minimum absolute atomic E-state index is 0.0888. The van der Waals surface area contributed by atoms with Crippen LogP contribution >= 0.6 is 0 Å². The number of hydrogen-bond acceptors (Lipinski definition) is 4. The summed E-state index contributed by atoms with van der Waals surface area (Å²) in [5.74, 6) is -0.119. The Morgan fingerprint density at radius 2 is 2.10 bits per heavy atom. The summed E-state index contributed by atoms with van der Waals surface area (Å²) in [7, 11) is 3.31. The van der Waals surface area contributed by atoms with Gasteiger partial charge in [0.1, 0.15) is 0 Å². The van der Waals surface area contributed by atoms with Gasteiger partial charge in [-0.05, 0) is 30.0 Å². The fraction of sp³-hybridized carbons (Fsp3) is 0.533. The van der Waals surface area contributed by atoms with Crippen LogP contribution in [0.25, 0.3) is 0 Å². The van der Waals surface area contributed by atoms with Gasteiger partial charge in [0.2, 0.25) is 0 Å². The van der Waals surface area contributed by atoms with Crippen LogP contribution in [0.1, 0.15) is 30.6 Å². The summed E-state index contributed by atoms with van der Waals surface area (Å²) in [5, 5.41) is 5.93. The van der Waals surface area contributed by atoms with Crippen LogP contribution in [-0.4, -0.2) is 33.2 Å². The number of nitrogens with two attached hydrogens (primary N) is 1. The van der Waals surface area contributed by atoms with Crippen LogP contribution in [0.4, 0.5) is 11.4 Å². The van der Waals surface area contributed by atoms with Gasteiger partial charge in [0, 0.05) is 32.9 Å². The smallest absolute Gasteiger partial charge is 0.251 e. The van der Waals surface area contributed by atoms with Crippen LogP contribution in [0.3, 0.4) is 0 Å². The molecule has 0 saturated carbocycles. The molecule has 1 amide bonds. The molecule has 0 bridgehead atoms. The second-order valence-electron chi connectivity index (χ2n) is 5.64. The molecule has 5 heteroatoms. The van der Waals surface area contributed by atoms with Crippen LogP contribution in [0.5, 0.6) is 0 Å². The van der Waals surface area contributed by atoms with Crippen LogP contribution < -0.4 is 16.4 Å². The number of benzene rings is 1. The summed E-state index contributed by atoms with van der Waals surface area (Å²) >= 11 is 0. The third kappa shape index (κ3) is 4.74. The van der Waals surface area contributed by atoms with E-state index in [2.05, 4.69) is 24.5 Å². The maximum Gasteiger partial charge on any atom is 0.251 e. The maximum absolute atomic E-state index is 11.6. The van der Waals surface area contributed by atoms with Crippen LogP contribution in [-0.2, 0) is 4.74 Å². The van der Waals surface area contributed by atoms with Crippen molar-refractivity contribution in [2.75, 3.05) is 38.4 Å². The highest BCUT2D eigenvalue weighted by molar-refractivity contribution is 5.96. The molecule has 1 aromatic carbocycles. The number of methoxy groups -OCH3 is 1. The number of rotatable bonds is 7. The lowest BCUT2D eigenvalue weighted by molar-refractivity contribution is 0.0963. The number of anilines is 2. The second-order valence-corrected chi connectivity index (χ2v) is 5.64. The first-order chi connectivity index (χ1) is 9.39. The summed E-state index contributed by atoms with van der Waals surface area (Å²) < 4.78 is 5.11. The van der Waals surface area contributed by atoms with Crippen molar-refractivity contribution >= 4 is 17.3 Å². The van der Waals surface area contributed by atoms with Gasteiger partial charge in [0.05, 0.1) is 11.4 Å². The molecular formula is C15H25N3O2. The number of nitrogen functional groups attached to an aromatic ring is 1. The number of hydrogen-bond donors (Lipinski definition) is 3. The molecule has 1 aromatic rings. The molecule has 0 spiro atoms. The van der Waals surface area contributed by atoms with Crippen molar-refractivity contribution in [2.24, 2.45) is 5.41 Å². The lowest BCUT2D eigenvalue weighted by atomic mass is 9.89. The zero-order valence-corrected chi connectivity index (χ0v) is 12.7. The Labute approximate surface area is 120 Å². The molecule has 0 atom stereocenters. The largest absolute Gasteiger partial charge is 0.397 e. The van der Waals surface area contributed by atoms with E-state index >= 15 is 0 Å². The predicted octanol–water partition coefficient (Wildman–Crippen LogP) is 2.10. The number of ether oxygens (including phenoxy) is 1. The zero-order chi connectivity index (χ0) is 15.2. The van der Waals surface area contributed by atoms with E-state index in [-0.39, 0.29) is 11.3 Å². The van der Waals surface area contributed by atoms with Crippen molar-refractivity contribution in [3.05, 3.63) is 23.8 Å². The average molecular weight is 279 g/mol. The molecule has 1 rings (SSSR count). The van der Waals surface area contributed by atoms with Crippen molar-refractivity contribution in [2.45, 2.75) is 20.3 Å². The van der Waals surface area contributed by atoms with Crippen LogP contribution in [0.15, 0.2) is 18.2 Å². The maximum atomic E-state index is 11.6. The van der Waals surface area contributed by atoms with Crippen molar-refractivity contribution in [1.82, 2.24) is 5.32 Å². The van der Waals surface area contributed by atoms with Crippen molar-refractivity contribution < 1.29 is 9.53 Å². The molecule has 5 nitrogen and oxygen atoms in total. The van der Waals surface area contributed by atoms with Crippen molar-refractivity contribution in [3.8, 4) is 0 Å². The minimum atomic E-state index is -0.119. The monoisotopic (exact) mass is 279 g/mol. The standard InChI is InChI=1S/C15H25N3O2/c1-15(2,7-8-20-4)10-18-13-9-11(14(19)17-3)5-6-12(13)16/h5-6,9,18H,7-8,10,16H2,1-4H3,(H,17,19). The van der Waals surface area contributed by atoms with Crippen LogP contribution in [0.2, 0.25) is 0 Å². The molecule has 0 aliphatic heterocycles. The number of nitrogens with one attached hydrogen (secondary N) is 2. The molecule has 0 aliphatic carbocycles. The van der Waals surface area contributed by atoms with Gasteiger partial charge in [-0.3, -0.25) is 4.79 Å². The third-order valence-electron chi connectivity index (χ3n) is 3.28. The lowest BCUT2D eigenvalue weighted by Crippen LogP contribution is -2.25. The highest BCUT2D eigenvalue weighted by atomic mass is 16.5. The highest BCUT2D eigenvalue weighted by Crippen LogP contribution is 2.25. The topological polar surface area (TPSA) is 76.4 Å². The van der Waals surface area contributed by atoms with E-state index in [0.29, 0.717) is 11.3 Å². The van der Waals surface area contributed by atoms with Gasteiger partial charge in [-0.15, -0.1) is 0 Å². The van der Waals surface area contributed by atoms with E-state index in [9.17, 15) is 4.79 Å². The summed E-state index contributed by atoms with van der Waals surface area (Å²) in [6.45, 7) is 5.82. The predicted molar refractivity (Wildman–Crippen MR) is 83.0 cm³/mol. The fourth-order valence-electron chi connectivity index (χ4n) is 1.80. The summed E-state index contributed by atoms with van der Waals surface area (Å²) in [6.07, 6.45) is 0.950. The number of carbonyl (C=O) groups excluding carboxylic acids is 1. The summed E-state index contributed by atoms with van der Waals surface area (Å²) in [6, 6.07) is 5.24. The normalized spacial score (nSPS) is 11.2. The van der Waals surface area contributed by atoms with Gasteiger partial charge in [0.25, 0.3) is 5.91 Å². The Kier molecular flexibility index (Phi) is 5.82. The molecule has 4 N–H and O–H groups in total. The van der Waals surface area contributed by atoms with Crippen LogP contribution in [0, 0.1) is 5.41 Å². The summed E-state index contributed by atoms with van der Waals surface area (Å²) in [4.78, 5) is 11.6. The van der Waals surface area contributed by atoms with E-state index in [1.165, 1.54) is 0 Å². The van der Waals surface area contributed by atoms with E-state index in [4.69, 9.17) is 10.5 Å². The Morgan fingerprint density at radius 3 is 2.70 bits per heavy atom. The molecular weight excluding hydrogens is 254 g/mol. The van der Waals surface area contributed by atoms with Crippen molar-refractivity contribution in [3.63, 3.8) is 0 Å². The third-order valence-corrected chi connectivity index (χ3v) is 3.28. The Balaban J connectivity index is 2.74. The van der Waals surface area contributed by atoms with Gasteiger partial charge in [-0.25, -0.2) is 0 Å². The number of amides is 1. The first-order valence-corrected chi connectivity index (χ1v) is 6.74. The molecule has 0 saturated heterocycles. The molecule has 0 aromatic heterocycles. The quantitative estimate of drug-likeness (QED) is 0.668. The summed E-state index contributed by atoms with van der Waals surface area (Å²) in [5.41, 5.74) is 8.05. The Bertz CT molecular complexity index is 458. The molecule has 0 unspecified atom stereocenters. The van der Waals surface area contributed by atoms with E-state index in [0.717, 1.165) is 25.3 Å². The molecule has 0 heterocycles. The molecule has 0 aliphatic rings. The average Bonchev–Trinajstić information content (AvgIpc) is 2.43. The first kappa shape index (κ1) is 16.3. The fourth-order valence-corrected chi connectivity index (χ4v) is 1.80. The zero-order valence-electron chi connectivity index (χ0n) is 12.7. The first-order valence-electron chi connectivity index (χ1n) is 6.74. The van der Waals surface area contributed by atoms with Gasteiger partial charge >= 0.3 is 0 Å². The van der Waals surface area contributed by atoms with Gasteiger partial charge in [-0.2, -0.15) is 0 Å². The van der Waals surface area contributed by atoms with E-state index in [1.807, 2.05) is 0 Å². The Morgan fingerprint density at radius 1 is 1.40 bits per heavy atom. The van der Waals surface area contributed by atoms with E-state index < -0.39 is 0 Å². The molecule has 0 radical (unpaired) electrons. The van der Waals surface area contributed by atoms with Gasteiger partial charge in [0.15, 0.2) is 0 Å². The molecule has 20 heavy (non-hydrogen) atoms.